The molecule has 0 aliphatic rings. The molecule has 0 aliphatic heterocycles. The lowest BCUT2D eigenvalue weighted by Gasteiger charge is -2.08. The van der Waals surface area contributed by atoms with Gasteiger partial charge in [-0.15, -0.1) is 0 Å². The van der Waals surface area contributed by atoms with Gasteiger partial charge in [0, 0.05) is 22.6 Å². The van der Waals surface area contributed by atoms with Gasteiger partial charge in [-0.2, -0.15) is 11.3 Å². The summed E-state index contributed by atoms with van der Waals surface area (Å²) in [5.41, 5.74) is 1.99. The Hall–Kier alpha value is -1.03. The minimum Gasteiger partial charge on any atom is -0.495 e. The summed E-state index contributed by atoms with van der Waals surface area (Å²) < 4.78 is 5.05. The summed E-state index contributed by atoms with van der Waals surface area (Å²) in [5, 5.41) is 4.45. The Morgan fingerprint density at radius 1 is 1.17 bits per heavy atom. The van der Waals surface area contributed by atoms with Crippen LogP contribution in [-0.4, -0.2) is 12.9 Å². The molecule has 1 heterocycles. The number of ketones is 1. The van der Waals surface area contributed by atoms with E-state index < -0.39 is 0 Å². The first-order valence-electron chi connectivity index (χ1n) is 5.15. The number of methoxy groups -OCH3 is 1. The van der Waals surface area contributed by atoms with E-state index in [0.29, 0.717) is 26.9 Å². The highest BCUT2D eigenvalue weighted by atomic mass is 35.5. The second kappa shape index (κ2) is 5.31. The number of aryl methyl sites for hydroxylation is 1. The van der Waals surface area contributed by atoms with Crippen molar-refractivity contribution in [3.8, 4) is 5.75 Å². The van der Waals surface area contributed by atoms with Crippen LogP contribution in [0.1, 0.15) is 21.5 Å². The third-order valence-corrected chi connectivity index (χ3v) is 4.06. The van der Waals surface area contributed by atoms with Gasteiger partial charge >= 0.3 is 0 Å². The van der Waals surface area contributed by atoms with Crippen LogP contribution < -0.4 is 4.74 Å². The first-order valence-corrected chi connectivity index (χ1v) is 6.85. The van der Waals surface area contributed by atoms with E-state index in [9.17, 15) is 4.79 Å². The van der Waals surface area contributed by atoms with Gasteiger partial charge in [-0.05, 0) is 23.9 Å². The highest BCUT2D eigenvalue weighted by Crippen LogP contribution is 2.32. The summed E-state index contributed by atoms with van der Waals surface area (Å²) in [7, 11) is 1.50. The maximum atomic E-state index is 12.3. The van der Waals surface area contributed by atoms with Crippen molar-refractivity contribution in [3.05, 3.63) is 49.6 Å². The van der Waals surface area contributed by atoms with Crippen LogP contribution in [0, 0.1) is 6.92 Å². The van der Waals surface area contributed by atoms with Gasteiger partial charge in [-0.25, -0.2) is 0 Å². The molecule has 0 N–H and O–H groups in total. The Morgan fingerprint density at radius 2 is 1.89 bits per heavy atom. The molecule has 0 saturated heterocycles. The lowest BCUT2D eigenvalue weighted by molar-refractivity contribution is 0.103. The molecule has 0 amide bonds. The standard InChI is InChI=1S/C13H10Cl2O2S/c1-7-5-18-6-9(7)13(16)8-3-11(15)12(17-2)4-10(8)14/h3-6H,1-2H3. The normalized spacial score (nSPS) is 10.4. The van der Waals surface area contributed by atoms with E-state index >= 15 is 0 Å². The van der Waals surface area contributed by atoms with Gasteiger partial charge < -0.3 is 4.74 Å². The third-order valence-electron chi connectivity index (χ3n) is 2.59. The smallest absolute Gasteiger partial charge is 0.195 e. The molecule has 1 aromatic carbocycles. The Bertz CT molecular complexity index is 605. The van der Waals surface area contributed by atoms with Crippen LogP contribution in [0.2, 0.25) is 10.0 Å². The van der Waals surface area contributed by atoms with E-state index in [1.54, 1.807) is 12.1 Å². The fourth-order valence-corrected chi connectivity index (χ4v) is 2.91. The van der Waals surface area contributed by atoms with Crippen LogP contribution in [0.25, 0.3) is 0 Å². The average Bonchev–Trinajstić information content (AvgIpc) is 2.77. The van der Waals surface area contributed by atoms with E-state index in [2.05, 4.69) is 0 Å². The van der Waals surface area contributed by atoms with Crippen molar-refractivity contribution in [1.82, 2.24) is 0 Å². The van der Waals surface area contributed by atoms with E-state index in [-0.39, 0.29) is 5.78 Å². The molecule has 1 aromatic heterocycles. The van der Waals surface area contributed by atoms with Crippen molar-refractivity contribution in [3.63, 3.8) is 0 Å². The Morgan fingerprint density at radius 3 is 2.44 bits per heavy atom. The molecule has 0 spiro atoms. The Kier molecular flexibility index (Phi) is 3.95. The molecule has 0 atom stereocenters. The highest BCUT2D eigenvalue weighted by Gasteiger charge is 2.18. The molecule has 94 valence electrons. The minimum absolute atomic E-state index is 0.122. The molecule has 2 rings (SSSR count). The van der Waals surface area contributed by atoms with Crippen molar-refractivity contribution in [2.45, 2.75) is 6.92 Å². The summed E-state index contributed by atoms with van der Waals surface area (Å²) in [6, 6.07) is 3.10. The first kappa shape index (κ1) is 13.4. The molecule has 0 radical (unpaired) electrons. The first-order chi connectivity index (χ1) is 8.54. The Labute approximate surface area is 119 Å². The maximum Gasteiger partial charge on any atom is 0.195 e. The van der Waals surface area contributed by atoms with Gasteiger partial charge in [-0.3, -0.25) is 4.79 Å². The van der Waals surface area contributed by atoms with Crippen LogP contribution in [0.5, 0.6) is 5.75 Å². The summed E-state index contributed by atoms with van der Waals surface area (Å²) in [6.45, 7) is 1.89. The van der Waals surface area contributed by atoms with Crippen molar-refractivity contribution < 1.29 is 9.53 Å². The molecule has 0 aliphatic carbocycles. The summed E-state index contributed by atoms with van der Waals surface area (Å²) >= 11 is 13.6. The topological polar surface area (TPSA) is 26.3 Å². The fourth-order valence-electron chi connectivity index (χ4n) is 1.60. The SMILES string of the molecule is COc1cc(Cl)c(C(=O)c2cscc2C)cc1Cl. The minimum atomic E-state index is -0.122. The zero-order chi connectivity index (χ0) is 13.3. The van der Waals surface area contributed by atoms with Crippen molar-refractivity contribution in [2.24, 2.45) is 0 Å². The van der Waals surface area contributed by atoms with Gasteiger partial charge in [0.15, 0.2) is 5.78 Å². The molecule has 0 fully saturated rings. The number of hydrogen-bond donors (Lipinski definition) is 0. The average molecular weight is 301 g/mol. The van der Waals surface area contributed by atoms with Crippen LogP contribution >= 0.6 is 34.5 Å². The lowest BCUT2D eigenvalue weighted by atomic mass is 10.0. The zero-order valence-electron chi connectivity index (χ0n) is 9.79. The van der Waals surface area contributed by atoms with Crippen LogP contribution in [0.4, 0.5) is 0 Å². The molecular weight excluding hydrogens is 291 g/mol. The molecule has 0 saturated carbocycles. The summed E-state index contributed by atoms with van der Waals surface area (Å²) in [5.74, 6) is 0.337. The van der Waals surface area contributed by atoms with Crippen LogP contribution in [0.3, 0.4) is 0 Å². The molecule has 2 aromatic rings. The molecule has 2 nitrogen and oxygen atoms in total. The number of carbonyl (C=O) groups excluding carboxylic acids is 1. The number of hydrogen-bond acceptors (Lipinski definition) is 3. The van der Waals surface area contributed by atoms with Crippen LogP contribution in [-0.2, 0) is 0 Å². The zero-order valence-corrected chi connectivity index (χ0v) is 12.1. The van der Waals surface area contributed by atoms with E-state index in [0.717, 1.165) is 5.56 Å². The number of ether oxygens (including phenoxy) is 1. The number of thiophene rings is 1. The maximum absolute atomic E-state index is 12.3. The fraction of sp³-hybridized carbons (Fsp3) is 0.154. The summed E-state index contributed by atoms with van der Waals surface area (Å²) in [4.78, 5) is 12.3. The number of halogens is 2. The van der Waals surface area contributed by atoms with E-state index in [4.69, 9.17) is 27.9 Å². The second-order valence-electron chi connectivity index (χ2n) is 3.76. The van der Waals surface area contributed by atoms with Crippen molar-refractivity contribution in [2.75, 3.05) is 7.11 Å². The van der Waals surface area contributed by atoms with Gasteiger partial charge in [0.25, 0.3) is 0 Å². The third kappa shape index (κ3) is 2.39. The molecule has 18 heavy (non-hydrogen) atoms. The molecule has 5 heteroatoms. The number of benzene rings is 1. The molecule has 0 unspecified atom stereocenters. The van der Waals surface area contributed by atoms with E-state index in [1.165, 1.54) is 18.4 Å². The lowest BCUT2D eigenvalue weighted by Crippen LogP contribution is -2.03. The Balaban J connectivity index is 2.49. The molecular formula is C13H10Cl2O2S. The van der Waals surface area contributed by atoms with Crippen molar-refractivity contribution in [1.29, 1.82) is 0 Å². The van der Waals surface area contributed by atoms with Crippen LogP contribution in [0.15, 0.2) is 22.9 Å². The largest absolute Gasteiger partial charge is 0.495 e. The second-order valence-corrected chi connectivity index (χ2v) is 5.32. The summed E-state index contributed by atoms with van der Waals surface area (Å²) in [6.07, 6.45) is 0. The quantitative estimate of drug-likeness (QED) is 0.774. The van der Waals surface area contributed by atoms with Gasteiger partial charge in [-0.1, -0.05) is 23.2 Å². The predicted molar refractivity (Wildman–Crippen MR) is 75.5 cm³/mol. The van der Waals surface area contributed by atoms with Gasteiger partial charge in [0.05, 0.1) is 17.2 Å². The number of rotatable bonds is 3. The number of carbonyl (C=O) groups is 1. The van der Waals surface area contributed by atoms with Crippen molar-refractivity contribution >= 4 is 40.3 Å². The predicted octanol–water partition coefficient (Wildman–Crippen LogP) is 4.60. The van der Waals surface area contributed by atoms with Gasteiger partial charge in [0.2, 0.25) is 0 Å². The van der Waals surface area contributed by atoms with Gasteiger partial charge in [0.1, 0.15) is 5.75 Å². The highest BCUT2D eigenvalue weighted by molar-refractivity contribution is 7.08. The monoisotopic (exact) mass is 300 g/mol. The molecule has 0 bridgehead atoms. The van der Waals surface area contributed by atoms with E-state index in [1.807, 2.05) is 17.7 Å².